The first-order valence-corrected chi connectivity index (χ1v) is 14.8. The zero-order valence-corrected chi connectivity index (χ0v) is 29.1. The van der Waals surface area contributed by atoms with Gasteiger partial charge in [0, 0.05) is 78.4 Å². The fourth-order valence-corrected chi connectivity index (χ4v) is 4.76. The Kier molecular flexibility index (Phi) is 19.4. The van der Waals surface area contributed by atoms with Gasteiger partial charge in [0.25, 0.3) is 0 Å². The summed E-state index contributed by atoms with van der Waals surface area (Å²) in [7, 11) is 0. The van der Waals surface area contributed by atoms with Crippen LogP contribution in [0.2, 0.25) is 0 Å². The zero-order valence-electron chi connectivity index (χ0n) is 26.0. The Balaban J connectivity index is 0.0000120. The molecule has 19 heteroatoms. The fraction of sp³-hybridized carbons (Fsp3) is 0.367. The summed E-state index contributed by atoms with van der Waals surface area (Å²) in [5.41, 5.74) is 2.10. The number of hydrogen-bond acceptors (Lipinski definition) is 10. The Hall–Kier alpha value is -3.85. The van der Waals surface area contributed by atoms with E-state index in [9.17, 15) is 44.1 Å². The van der Waals surface area contributed by atoms with Gasteiger partial charge >= 0.3 is 35.8 Å². The van der Waals surface area contributed by atoms with Crippen LogP contribution in [-0.2, 0) is 36.9 Å². The van der Waals surface area contributed by atoms with Crippen molar-refractivity contribution in [1.82, 2.24) is 20.0 Å². The average Bonchev–Trinajstić information content (AvgIpc) is 2.99. The van der Waals surface area contributed by atoms with E-state index in [1.165, 1.54) is 21.9 Å². The second kappa shape index (κ2) is 22.0. The molecule has 0 aliphatic rings. The predicted molar refractivity (Wildman–Crippen MR) is 173 cm³/mol. The molecular weight excluding hydrogens is 812 g/mol. The third kappa shape index (κ3) is 17.4. The Morgan fingerprint density at radius 2 is 1.10 bits per heavy atom. The molecule has 2 aromatic carbocycles. The number of hydrogen-bond donors (Lipinski definition) is 8. The van der Waals surface area contributed by atoms with Crippen molar-refractivity contribution in [3.63, 3.8) is 0 Å². The Morgan fingerprint density at radius 3 is 1.59 bits per heavy atom. The summed E-state index contributed by atoms with van der Waals surface area (Å²) in [5.74, 6) is -7.43. The normalized spacial score (nSPS) is 11.4. The minimum absolute atomic E-state index is 0. The number of nitrogens with one attached hydrogen (secondary N) is 2. The van der Waals surface area contributed by atoms with Crippen LogP contribution >= 0.6 is 12.2 Å². The smallest absolute Gasteiger partial charge is 0.335 e. The fourth-order valence-electron chi connectivity index (χ4n) is 4.57. The number of nitrogens with zero attached hydrogens (tertiary/aromatic N) is 3. The molecule has 268 valence electrons. The average molecular weight is 849 g/mol. The molecule has 0 amide bonds. The van der Waals surface area contributed by atoms with E-state index in [0.29, 0.717) is 17.8 Å². The predicted octanol–water partition coefficient (Wildman–Crippen LogP) is 0.112. The number of aliphatic carboxylic acids is 5. The summed E-state index contributed by atoms with van der Waals surface area (Å²) in [6.45, 7) is -2.53. The van der Waals surface area contributed by atoms with Gasteiger partial charge in [0.2, 0.25) is 0 Å². The quantitative estimate of drug-likeness (QED) is 0.0732. The number of aromatic carboxylic acids is 1. The standard InChI is InChI=1S/C30H37N5O12S.Gd/c36-24(37)15-33(9-10-34(16-25(38)39)17-26(40)41)11-12-35(18-27(42)43)23(29(46)47)13-19-3-7-22(8-4-19)32-30(48)31-14-20-1-5-21(6-2-20)28(44)45;/h1-8,23H,9-18H2,(H,36,37)(H,38,39)(H,40,41)(H,42,43)(H,44,45)(H,46,47)(H2,31,32,48);. The summed E-state index contributed by atoms with van der Waals surface area (Å²) in [5, 5.41) is 62.2. The second-order valence-corrected chi connectivity index (χ2v) is 11.0. The van der Waals surface area contributed by atoms with Crippen molar-refractivity contribution in [2.24, 2.45) is 0 Å². The SMILES string of the molecule is O=C(O)CN(CCN(CC(=O)O)CC(=O)O)CCN(CC(=O)O)C(Cc1ccc(NC(=S)NCc2ccc(C(=O)O)cc2)cc1)C(=O)O.[Gd]. The van der Waals surface area contributed by atoms with E-state index in [-0.39, 0.29) is 83.2 Å². The summed E-state index contributed by atoms with van der Waals surface area (Å²) >= 11 is 5.31. The minimum Gasteiger partial charge on any atom is -0.480 e. The summed E-state index contributed by atoms with van der Waals surface area (Å²) < 4.78 is 0. The van der Waals surface area contributed by atoms with E-state index >= 15 is 0 Å². The van der Waals surface area contributed by atoms with Crippen LogP contribution in [0.15, 0.2) is 48.5 Å². The van der Waals surface area contributed by atoms with Gasteiger partial charge in [0.1, 0.15) is 6.04 Å². The molecule has 0 aliphatic heterocycles. The topological polar surface area (TPSA) is 258 Å². The van der Waals surface area contributed by atoms with Crippen LogP contribution in [0.1, 0.15) is 21.5 Å². The second-order valence-electron chi connectivity index (χ2n) is 10.6. The van der Waals surface area contributed by atoms with Crippen molar-refractivity contribution in [1.29, 1.82) is 0 Å². The summed E-state index contributed by atoms with van der Waals surface area (Å²) in [6, 6.07) is 11.5. The first kappa shape index (κ1) is 43.2. The van der Waals surface area contributed by atoms with Crippen LogP contribution in [0, 0.1) is 39.9 Å². The molecule has 0 aromatic heterocycles. The van der Waals surface area contributed by atoms with Crippen molar-refractivity contribution in [3.05, 3.63) is 65.2 Å². The van der Waals surface area contributed by atoms with Gasteiger partial charge in [-0.3, -0.25) is 38.7 Å². The molecule has 0 radical (unpaired) electrons. The molecule has 49 heavy (non-hydrogen) atoms. The molecule has 0 saturated heterocycles. The van der Waals surface area contributed by atoms with Gasteiger partial charge in [-0.05, 0) is 54.0 Å². The number of carbonyl (C=O) groups is 6. The molecule has 1 atom stereocenters. The van der Waals surface area contributed by atoms with E-state index in [2.05, 4.69) is 10.6 Å². The molecule has 8 N–H and O–H groups in total. The monoisotopic (exact) mass is 849 g/mol. The maximum atomic E-state index is 12.3. The van der Waals surface area contributed by atoms with Crippen molar-refractivity contribution >= 4 is 58.8 Å². The number of rotatable bonds is 22. The molecule has 0 aliphatic carbocycles. The van der Waals surface area contributed by atoms with Crippen LogP contribution in [0.4, 0.5) is 5.69 Å². The Labute approximate surface area is 318 Å². The number of carboxylic acid groups (broad SMARTS) is 6. The first-order valence-electron chi connectivity index (χ1n) is 14.4. The largest absolute Gasteiger partial charge is 0.480 e. The van der Waals surface area contributed by atoms with Gasteiger partial charge in [-0.15, -0.1) is 0 Å². The number of carboxylic acids is 6. The zero-order chi connectivity index (χ0) is 35.8. The van der Waals surface area contributed by atoms with E-state index in [1.54, 1.807) is 36.4 Å². The molecular formula is C30H37GdN5O12S. The van der Waals surface area contributed by atoms with Crippen LogP contribution in [0.25, 0.3) is 0 Å². The molecule has 2 rings (SSSR count). The number of thiocarbonyl (C=S) groups is 1. The molecule has 17 nitrogen and oxygen atoms in total. The third-order valence-electron chi connectivity index (χ3n) is 6.87. The molecule has 0 fully saturated rings. The Morgan fingerprint density at radius 1 is 0.633 bits per heavy atom. The molecule has 1 unspecified atom stereocenters. The maximum Gasteiger partial charge on any atom is 0.335 e. The summed E-state index contributed by atoms with van der Waals surface area (Å²) in [4.78, 5) is 72.2. The third-order valence-corrected chi connectivity index (χ3v) is 7.12. The minimum atomic E-state index is -1.31. The van der Waals surface area contributed by atoms with Crippen molar-refractivity contribution in [2.45, 2.75) is 19.0 Å². The van der Waals surface area contributed by atoms with E-state index < -0.39 is 68.0 Å². The number of anilines is 1. The number of benzene rings is 2. The van der Waals surface area contributed by atoms with Crippen molar-refractivity contribution in [3.8, 4) is 0 Å². The van der Waals surface area contributed by atoms with Crippen molar-refractivity contribution < 1.29 is 99.3 Å². The molecule has 0 bridgehead atoms. The van der Waals surface area contributed by atoms with Gasteiger partial charge in [-0.2, -0.15) is 0 Å². The Bertz CT molecular complexity index is 1450. The van der Waals surface area contributed by atoms with Gasteiger partial charge in [-0.1, -0.05) is 24.3 Å². The first-order chi connectivity index (χ1) is 22.6. The molecule has 0 spiro atoms. The van der Waals surface area contributed by atoms with Gasteiger partial charge < -0.3 is 41.3 Å². The van der Waals surface area contributed by atoms with Crippen molar-refractivity contribution in [2.75, 3.05) is 57.7 Å². The molecule has 0 saturated carbocycles. The van der Waals surface area contributed by atoms with Crippen LogP contribution in [0.5, 0.6) is 0 Å². The van der Waals surface area contributed by atoms with Crippen LogP contribution in [-0.4, -0.2) is 145 Å². The van der Waals surface area contributed by atoms with Gasteiger partial charge in [0.15, 0.2) is 5.11 Å². The molecule has 2 aromatic rings. The van der Waals surface area contributed by atoms with Crippen LogP contribution in [0.3, 0.4) is 0 Å². The van der Waals surface area contributed by atoms with E-state index in [0.717, 1.165) is 10.5 Å². The summed E-state index contributed by atoms with van der Waals surface area (Å²) in [6.07, 6.45) is -0.0954. The van der Waals surface area contributed by atoms with E-state index in [1.807, 2.05) is 0 Å². The van der Waals surface area contributed by atoms with Gasteiger partial charge in [0.05, 0.1) is 31.7 Å². The van der Waals surface area contributed by atoms with E-state index in [4.69, 9.17) is 27.5 Å². The maximum absolute atomic E-state index is 12.3. The van der Waals surface area contributed by atoms with Crippen LogP contribution < -0.4 is 10.6 Å². The van der Waals surface area contributed by atoms with Gasteiger partial charge in [-0.25, -0.2) is 4.79 Å². The molecule has 0 heterocycles.